The highest BCUT2D eigenvalue weighted by Gasteiger charge is 2.22. The Morgan fingerprint density at radius 3 is 2.80 bits per heavy atom. The summed E-state index contributed by atoms with van der Waals surface area (Å²) in [5.74, 6) is 0. The Morgan fingerprint density at radius 1 is 1.35 bits per heavy atom. The Bertz CT molecular complexity index is 442. The Morgan fingerprint density at radius 2 is 2.10 bits per heavy atom. The van der Waals surface area contributed by atoms with Crippen molar-refractivity contribution in [3.8, 4) is 0 Å². The van der Waals surface area contributed by atoms with Crippen LogP contribution in [-0.4, -0.2) is 43.7 Å². The van der Waals surface area contributed by atoms with Crippen LogP contribution in [-0.2, 0) is 6.42 Å². The van der Waals surface area contributed by atoms with Crippen LogP contribution in [0.5, 0.6) is 0 Å². The van der Waals surface area contributed by atoms with Crippen LogP contribution in [0.4, 0.5) is 5.69 Å². The largest absolute Gasteiger partial charge is 0.367 e. The van der Waals surface area contributed by atoms with Gasteiger partial charge in [-0.15, -0.1) is 0 Å². The molecule has 1 heterocycles. The highest BCUT2D eigenvalue weighted by atomic mass is 15.2. The molecule has 20 heavy (non-hydrogen) atoms. The van der Waals surface area contributed by atoms with Crippen molar-refractivity contribution in [3.05, 3.63) is 29.3 Å². The smallest absolute Gasteiger partial charge is 0.0402 e. The SMILES string of the molecule is Cc1ccc(N2CCCN(C)CC2C)c(CC(C)N)c1. The van der Waals surface area contributed by atoms with E-state index in [4.69, 9.17) is 5.73 Å². The fourth-order valence-electron chi connectivity index (χ4n) is 3.24. The van der Waals surface area contributed by atoms with Gasteiger partial charge in [0.2, 0.25) is 0 Å². The predicted molar refractivity (Wildman–Crippen MR) is 87.5 cm³/mol. The van der Waals surface area contributed by atoms with Crippen LogP contribution < -0.4 is 10.6 Å². The van der Waals surface area contributed by atoms with Crippen LogP contribution in [0.3, 0.4) is 0 Å². The molecule has 3 nitrogen and oxygen atoms in total. The molecule has 0 bridgehead atoms. The van der Waals surface area contributed by atoms with Gasteiger partial charge in [0, 0.05) is 30.9 Å². The van der Waals surface area contributed by atoms with Gasteiger partial charge >= 0.3 is 0 Å². The van der Waals surface area contributed by atoms with Gasteiger partial charge in [-0.3, -0.25) is 0 Å². The number of nitrogens with zero attached hydrogens (tertiary/aromatic N) is 2. The molecule has 1 saturated heterocycles. The molecule has 1 aromatic rings. The number of anilines is 1. The second-order valence-electron chi connectivity index (χ2n) is 6.47. The molecular weight excluding hydrogens is 246 g/mol. The Kier molecular flexibility index (Phi) is 5.06. The molecule has 1 aromatic carbocycles. The van der Waals surface area contributed by atoms with E-state index >= 15 is 0 Å². The van der Waals surface area contributed by atoms with Crippen molar-refractivity contribution in [3.63, 3.8) is 0 Å². The van der Waals surface area contributed by atoms with Crippen molar-refractivity contribution >= 4 is 5.69 Å². The Balaban J connectivity index is 2.30. The third kappa shape index (κ3) is 3.74. The lowest BCUT2D eigenvalue weighted by molar-refractivity contribution is 0.337. The molecule has 1 aliphatic rings. The molecule has 1 aliphatic heterocycles. The van der Waals surface area contributed by atoms with Crippen molar-refractivity contribution in [2.24, 2.45) is 5.73 Å². The topological polar surface area (TPSA) is 32.5 Å². The second kappa shape index (κ2) is 6.59. The predicted octanol–water partition coefficient (Wildman–Crippen LogP) is 2.42. The number of nitrogens with two attached hydrogens (primary N) is 1. The normalized spacial score (nSPS) is 22.6. The van der Waals surface area contributed by atoms with Crippen LogP contribution in [0.2, 0.25) is 0 Å². The summed E-state index contributed by atoms with van der Waals surface area (Å²) in [6.07, 6.45) is 2.18. The average Bonchev–Trinajstić information content (AvgIpc) is 2.50. The van der Waals surface area contributed by atoms with Crippen LogP contribution in [0.1, 0.15) is 31.4 Å². The van der Waals surface area contributed by atoms with Gasteiger partial charge in [0.05, 0.1) is 0 Å². The van der Waals surface area contributed by atoms with Crippen molar-refractivity contribution in [1.29, 1.82) is 0 Å². The van der Waals surface area contributed by atoms with E-state index in [-0.39, 0.29) is 6.04 Å². The molecule has 0 aromatic heterocycles. The summed E-state index contributed by atoms with van der Waals surface area (Å²) in [7, 11) is 2.22. The van der Waals surface area contributed by atoms with Gasteiger partial charge in [-0.25, -0.2) is 0 Å². The van der Waals surface area contributed by atoms with Gasteiger partial charge in [-0.05, 0) is 58.8 Å². The lowest BCUT2D eigenvalue weighted by atomic mass is 10.0. The summed E-state index contributed by atoms with van der Waals surface area (Å²) in [5, 5.41) is 0. The standard InChI is InChI=1S/C17H29N3/c1-13-6-7-17(16(10-13)11-14(2)18)20-9-5-8-19(4)12-15(20)3/h6-7,10,14-15H,5,8-9,11-12,18H2,1-4H3. The first kappa shape index (κ1) is 15.3. The van der Waals surface area contributed by atoms with Gasteiger partial charge in [0.15, 0.2) is 0 Å². The number of likely N-dealkylation sites (N-methyl/N-ethyl adjacent to an activating group) is 1. The van der Waals surface area contributed by atoms with E-state index in [2.05, 4.69) is 55.8 Å². The lowest BCUT2D eigenvalue weighted by Gasteiger charge is -2.32. The maximum Gasteiger partial charge on any atom is 0.0402 e. The first-order chi connectivity index (χ1) is 9.47. The molecule has 2 N–H and O–H groups in total. The second-order valence-corrected chi connectivity index (χ2v) is 6.47. The average molecular weight is 275 g/mol. The summed E-state index contributed by atoms with van der Waals surface area (Å²) in [6.45, 7) is 10.0. The fourth-order valence-corrected chi connectivity index (χ4v) is 3.24. The molecule has 2 unspecified atom stereocenters. The highest BCUT2D eigenvalue weighted by molar-refractivity contribution is 5.56. The van der Waals surface area contributed by atoms with Crippen LogP contribution >= 0.6 is 0 Å². The molecule has 3 heteroatoms. The van der Waals surface area contributed by atoms with E-state index in [0.717, 1.165) is 19.5 Å². The summed E-state index contributed by atoms with van der Waals surface area (Å²) in [4.78, 5) is 5.00. The zero-order chi connectivity index (χ0) is 14.7. The van der Waals surface area contributed by atoms with Crippen LogP contribution in [0.25, 0.3) is 0 Å². The van der Waals surface area contributed by atoms with E-state index < -0.39 is 0 Å². The maximum absolute atomic E-state index is 6.03. The first-order valence-corrected chi connectivity index (χ1v) is 7.77. The summed E-state index contributed by atoms with van der Waals surface area (Å²) in [5.41, 5.74) is 10.1. The molecule has 2 atom stereocenters. The third-order valence-electron chi connectivity index (χ3n) is 4.13. The van der Waals surface area contributed by atoms with Gasteiger partial charge in [-0.1, -0.05) is 17.7 Å². The Labute approximate surface area is 123 Å². The van der Waals surface area contributed by atoms with Gasteiger partial charge in [-0.2, -0.15) is 0 Å². The zero-order valence-corrected chi connectivity index (χ0v) is 13.4. The van der Waals surface area contributed by atoms with Gasteiger partial charge in [0.25, 0.3) is 0 Å². The lowest BCUT2D eigenvalue weighted by Crippen LogP contribution is -2.38. The number of hydrogen-bond donors (Lipinski definition) is 1. The van der Waals surface area contributed by atoms with Crippen molar-refractivity contribution in [2.75, 3.05) is 31.6 Å². The van der Waals surface area contributed by atoms with Gasteiger partial charge in [0.1, 0.15) is 0 Å². The zero-order valence-electron chi connectivity index (χ0n) is 13.4. The van der Waals surface area contributed by atoms with Crippen molar-refractivity contribution < 1.29 is 0 Å². The van der Waals surface area contributed by atoms with E-state index in [0.29, 0.717) is 6.04 Å². The molecule has 0 spiro atoms. The fraction of sp³-hybridized carbons (Fsp3) is 0.647. The molecule has 0 saturated carbocycles. The molecule has 0 aliphatic carbocycles. The molecular formula is C17H29N3. The molecule has 0 amide bonds. The summed E-state index contributed by atoms with van der Waals surface area (Å²) >= 11 is 0. The molecule has 0 radical (unpaired) electrons. The minimum atomic E-state index is 0.209. The minimum Gasteiger partial charge on any atom is -0.367 e. The molecule has 112 valence electrons. The third-order valence-corrected chi connectivity index (χ3v) is 4.13. The van der Waals surface area contributed by atoms with Gasteiger partial charge < -0.3 is 15.5 Å². The quantitative estimate of drug-likeness (QED) is 0.919. The van der Waals surface area contributed by atoms with E-state index in [1.54, 1.807) is 0 Å². The first-order valence-electron chi connectivity index (χ1n) is 7.77. The maximum atomic E-state index is 6.03. The number of benzene rings is 1. The van der Waals surface area contributed by atoms with Crippen molar-refractivity contribution in [1.82, 2.24) is 4.90 Å². The molecule has 2 rings (SSSR count). The van der Waals surface area contributed by atoms with E-state index in [1.165, 1.54) is 29.8 Å². The minimum absolute atomic E-state index is 0.209. The number of hydrogen-bond acceptors (Lipinski definition) is 3. The number of rotatable bonds is 3. The van der Waals surface area contributed by atoms with E-state index in [9.17, 15) is 0 Å². The van der Waals surface area contributed by atoms with E-state index in [1.807, 2.05) is 0 Å². The summed E-state index contributed by atoms with van der Waals surface area (Å²) < 4.78 is 0. The Hall–Kier alpha value is -1.06. The highest BCUT2D eigenvalue weighted by Crippen LogP contribution is 2.26. The number of aryl methyl sites for hydroxylation is 1. The monoisotopic (exact) mass is 275 g/mol. The van der Waals surface area contributed by atoms with Crippen LogP contribution in [0, 0.1) is 6.92 Å². The van der Waals surface area contributed by atoms with Crippen molar-refractivity contribution in [2.45, 2.75) is 45.7 Å². The molecule has 1 fully saturated rings. The van der Waals surface area contributed by atoms with Crippen LogP contribution in [0.15, 0.2) is 18.2 Å². The summed E-state index contributed by atoms with van der Waals surface area (Å²) in [6, 6.07) is 7.58.